The minimum absolute atomic E-state index is 0.0180. The molecule has 0 bridgehead atoms. The lowest BCUT2D eigenvalue weighted by atomic mass is 9.99. The molecule has 0 unspecified atom stereocenters. The summed E-state index contributed by atoms with van der Waals surface area (Å²) in [5.41, 5.74) is 0.946. The van der Waals surface area contributed by atoms with E-state index in [0.29, 0.717) is 18.8 Å². The normalized spacial score (nSPS) is 20.8. The van der Waals surface area contributed by atoms with Crippen molar-refractivity contribution in [1.29, 1.82) is 0 Å². The van der Waals surface area contributed by atoms with E-state index in [4.69, 9.17) is 0 Å². The maximum absolute atomic E-state index is 12.4. The Balaban J connectivity index is 1.82. The van der Waals surface area contributed by atoms with Crippen molar-refractivity contribution in [2.45, 2.75) is 32.2 Å². The molecule has 1 N–H and O–H groups in total. The highest BCUT2D eigenvalue weighted by atomic mass is 32.1. The number of imidazole rings is 1. The van der Waals surface area contributed by atoms with Gasteiger partial charge in [0.25, 0.3) is 0 Å². The maximum Gasteiger partial charge on any atom is 0.309 e. The van der Waals surface area contributed by atoms with Crippen molar-refractivity contribution >= 4 is 23.2 Å². The molecule has 3 heterocycles. The molecule has 2 aromatic heterocycles. The summed E-state index contributed by atoms with van der Waals surface area (Å²) < 4.78 is 1.78. The third-order valence-electron chi connectivity index (χ3n) is 4.38. The fourth-order valence-corrected chi connectivity index (χ4v) is 3.90. The van der Waals surface area contributed by atoms with Gasteiger partial charge in [-0.25, -0.2) is 9.97 Å². The molecule has 0 radical (unpaired) electrons. The molecule has 8 heteroatoms. The average molecular weight is 348 g/mol. The Morgan fingerprint density at radius 1 is 1.50 bits per heavy atom. The molecule has 7 nitrogen and oxygen atoms in total. The molecule has 128 valence electrons. The van der Waals surface area contributed by atoms with Crippen LogP contribution >= 0.6 is 11.3 Å². The number of likely N-dealkylation sites (tertiary alicyclic amines) is 1. The van der Waals surface area contributed by atoms with E-state index in [-0.39, 0.29) is 12.3 Å². The number of carbonyl (C=O) groups excluding carboxylic acids is 1. The van der Waals surface area contributed by atoms with Crippen LogP contribution in [0.2, 0.25) is 0 Å². The van der Waals surface area contributed by atoms with E-state index in [2.05, 4.69) is 16.9 Å². The zero-order chi connectivity index (χ0) is 17.3. The molecule has 1 amide bonds. The molecular formula is C16H20N4O3S. The molecule has 1 fully saturated rings. The van der Waals surface area contributed by atoms with Crippen LogP contribution in [0, 0.1) is 5.92 Å². The first kappa shape index (κ1) is 16.6. The summed E-state index contributed by atoms with van der Waals surface area (Å²) in [6.45, 7) is 2.51. The number of carboxylic acid groups (broad SMARTS) is 1. The van der Waals surface area contributed by atoms with Crippen molar-refractivity contribution in [3.05, 3.63) is 34.3 Å². The zero-order valence-corrected chi connectivity index (χ0v) is 14.5. The molecule has 1 saturated heterocycles. The molecule has 0 aromatic carbocycles. The highest BCUT2D eigenvalue weighted by Crippen LogP contribution is 2.37. The van der Waals surface area contributed by atoms with E-state index in [1.54, 1.807) is 33.2 Å². The van der Waals surface area contributed by atoms with Crippen LogP contribution in [0.3, 0.4) is 0 Å². The highest BCUT2D eigenvalue weighted by molar-refractivity contribution is 7.09. The smallest absolute Gasteiger partial charge is 0.309 e. The maximum atomic E-state index is 12.4. The first-order valence-corrected chi connectivity index (χ1v) is 8.82. The van der Waals surface area contributed by atoms with Gasteiger partial charge in [0.05, 0.1) is 16.6 Å². The average Bonchev–Trinajstić information content (AvgIpc) is 3.24. The number of aliphatic carboxylic acids is 1. The molecule has 0 spiro atoms. The fraction of sp³-hybridized carbons (Fsp3) is 0.500. The molecular weight excluding hydrogens is 328 g/mol. The molecule has 1 aliphatic rings. The van der Waals surface area contributed by atoms with Crippen molar-refractivity contribution in [2.24, 2.45) is 13.0 Å². The quantitative estimate of drug-likeness (QED) is 0.858. The van der Waals surface area contributed by atoms with E-state index in [0.717, 1.165) is 17.1 Å². The Bertz CT molecular complexity index is 754. The number of carboxylic acids is 1. The van der Waals surface area contributed by atoms with Crippen LogP contribution in [0.5, 0.6) is 0 Å². The lowest BCUT2D eigenvalue weighted by Crippen LogP contribution is -2.34. The van der Waals surface area contributed by atoms with Gasteiger partial charge >= 0.3 is 5.97 Å². The Morgan fingerprint density at radius 2 is 2.29 bits per heavy atom. The van der Waals surface area contributed by atoms with Gasteiger partial charge in [-0.2, -0.15) is 0 Å². The van der Waals surface area contributed by atoms with E-state index < -0.39 is 17.9 Å². The van der Waals surface area contributed by atoms with Crippen LogP contribution in [0.4, 0.5) is 0 Å². The predicted octanol–water partition coefficient (Wildman–Crippen LogP) is 1.66. The monoisotopic (exact) mass is 348 g/mol. The first-order chi connectivity index (χ1) is 11.5. The molecule has 0 saturated carbocycles. The summed E-state index contributed by atoms with van der Waals surface area (Å²) in [5.74, 6) is -1.25. The van der Waals surface area contributed by atoms with Gasteiger partial charge in [0, 0.05) is 44.2 Å². The second-order valence-electron chi connectivity index (χ2n) is 5.91. The van der Waals surface area contributed by atoms with Crippen LogP contribution in [-0.4, -0.2) is 43.0 Å². The minimum atomic E-state index is -0.958. The molecule has 24 heavy (non-hydrogen) atoms. The summed E-state index contributed by atoms with van der Waals surface area (Å²) in [5, 5.41) is 12.6. The number of thiazole rings is 1. The van der Waals surface area contributed by atoms with E-state index in [1.807, 2.05) is 12.4 Å². The van der Waals surface area contributed by atoms with Crippen LogP contribution in [0.15, 0.2) is 17.8 Å². The van der Waals surface area contributed by atoms with Gasteiger partial charge < -0.3 is 14.6 Å². The SMILES string of the molecule is CCc1nc(CCN2C(=O)C[C@@H](C(=O)O)[C@@H]2c2nccn2C)cs1. The van der Waals surface area contributed by atoms with Crippen molar-refractivity contribution < 1.29 is 14.7 Å². The Kier molecular flexibility index (Phi) is 4.66. The van der Waals surface area contributed by atoms with Crippen LogP contribution < -0.4 is 0 Å². The summed E-state index contributed by atoms with van der Waals surface area (Å²) in [6.07, 6.45) is 4.93. The molecule has 3 rings (SSSR count). The van der Waals surface area contributed by atoms with Gasteiger partial charge in [-0.15, -0.1) is 11.3 Å². The summed E-state index contributed by atoms with van der Waals surface area (Å²) in [7, 11) is 1.82. The van der Waals surface area contributed by atoms with E-state index in [1.165, 1.54) is 0 Å². The fourth-order valence-electron chi connectivity index (χ4n) is 3.12. The third kappa shape index (κ3) is 3.06. The van der Waals surface area contributed by atoms with Gasteiger partial charge in [0.15, 0.2) is 0 Å². The van der Waals surface area contributed by atoms with Crippen LogP contribution in [0.25, 0.3) is 0 Å². The second kappa shape index (κ2) is 6.72. The van der Waals surface area contributed by atoms with E-state index >= 15 is 0 Å². The van der Waals surface area contributed by atoms with Gasteiger partial charge in [-0.3, -0.25) is 9.59 Å². The number of hydrogen-bond acceptors (Lipinski definition) is 5. The van der Waals surface area contributed by atoms with Gasteiger partial charge in [-0.1, -0.05) is 6.92 Å². The predicted molar refractivity (Wildman–Crippen MR) is 88.6 cm³/mol. The summed E-state index contributed by atoms with van der Waals surface area (Å²) in [4.78, 5) is 34.4. The standard InChI is InChI=1S/C16H20N4O3S/c1-3-12-18-10(9-24-12)4-6-20-13(21)8-11(16(22)23)14(20)15-17-5-7-19(15)2/h5,7,9,11,14H,3-4,6,8H2,1-2H3,(H,22,23)/t11-,14-/m1/s1. The number of nitrogens with zero attached hydrogens (tertiary/aromatic N) is 4. The van der Waals surface area contributed by atoms with Gasteiger partial charge in [0.1, 0.15) is 11.9 Å². The van der Waals surface area contributed by atoms with Crippen LogP contribution in [-0.2, 0) is 29.5 Å². The second-order valence-corrected chi connectivity index (χ2v) is 6.86. The highest BCUT2D eigenvalue weighted by Gasteiger charge is 2.46. The largest absolute Gasteiger partial charge is 0.481 e. The molecule has 2 aromatic rings. The number of aromatic nitrogens is 3. The Hall–Kier alpha value is -2.22. The summed E-state index contributed by atoms with van der Waals surface area (Å²) >= 11 is 1.61. The lowest BCUT2D eigenvalue weighted by molar-refractivity contribution is -0.142. The number of aryl methyl sites for hydroxylation is 2. The van der Waals surface area contributed by atoms with E-state index in [9.17, 15) is 14.7 Å². The minimum Gasteiger partial charge on any atom is -0.481 e. The molecule has 1 aliphatic heterocycles. The number of hydrogen-bond donors (Lipinski definition) is 1. The number of rotatable bonds is 6. The van der Waals surface area contributed by atoms with Gasteiger partial charge in [-0.05, 0) is 6.42 Å². The summed E-state index contributed by atoms with van der Waals surface area (Å²) in [6, 6.07) is -0.528. The van der Waals surface area contributed by atoms with Crippen molar-refractivity contribution in [3.63, 3.8) is 0 Å². The van der Waals surface area contributed by atoms with Crippen LogP contribution in [0.1, 0.15) is 35.9 Å². The zero-order valence-electron chi connectivity index (χ0n) is 13.7. The Morgan fingerprint density at radius 3 is 2.88 bits per heavy atom. The van der Waals surface area contributed by atoms with Crippen molar-refractivity contribution in [3.8, 4) is 0 Å². The molecule has 0 aliphatic carbocycles. The lowest BCUT2D eigenvalue weighted by Gasteiger charge is -2.26. The first-order valence-electron chi connectivity index (χ1n) is 7.94. The Labute approximate surface area is 144 Å². The molecule has 2 atom stereocenters. The van der Waals surface area contributed by atoms with Crippen molar-refractivity contribution in [1.82, 2.24) is 19.4 Å². The van der Waals surface area contributed by atoms with Gasteiger partial charge in [0.2, 0.25) is 5.91 Å². The number of amides is 1. The van der Waals surface area contributed by atoms with Crippen molar-refractivity contribution in [2.75, 3.05) is 6.54 Å². The topological polar surface area (TPSA) is 88.3 Å². The number of carbonyl (C=O) groups is 2. The third-order valence-corrected chi connectivity index (χ3v) is 5.42.